The number of aromatic nitrogens is 18. The molecule has 0 radical (unpaired) electrons. The van der Waals surface area contributed by atoms with E-state index in [1.165, 1.54) is 36.3 Å². The van der Waals surface area contributed by atoms with Gasteiger partial charge in [0.1, 0.15) is 93.1 Å². The highest BCUT2D eigenvalue weighted by Crippen LogP contribution is 2.40. The van der Waals surface area contributed by atoms with E-state index < -0.39 is 29.0 Å². The number of carboxylic acid groups (broad SMARTS) is 1. The lowest BCUT2D eigenvalue weighted by Crippen LogP contribution is -2.43. The zero-order chi connectivity index (χ0) is 97.6. The first-order valence-electron chi connectivity index (χ1n) is 47.8. The molecule has 9 aromatic heterocycles. The second-order valence-corrected chi connectivity index (χ2v) is 38.9. The number of nitrogens with one attached hydrogen (secondary N) is 2. The Morgan fingerprint density at radius 3 is 1.16 bits per heavy atom. The first kappa shape index (κ1) is 109. The number of hydrogen-bond donors (Lipinski definition) is 5. The fraction of sp³-hybridized carbons (Fsp3) is 0.695. The minimum absolute atomic E-state index is 0.0155. The molecule has 9 aliphatic rings. The Morgan fingerprint density at radius 2 is 0.793 bits per heavy atom. The van der Waals surface area contributed by atoms with E-state index >= 15 is 0 Å². The highest BCUT2D eigenvalue weighted by Gasteiger charge is 2.42. The molecular formula is C95H153Cl2F3N28O7. The average molecular weight is 1930 g/mol. The number of aryl methyl sites for hydroxylation is 3. The van der Waals surface area contributed by atoms with Crippen LogP contribution in [-0.4, -0.2) is 361 Å². The molecule has 18 rings (SSSR count). The fourth-order valence-corrected chi connectivity index (χ4v) is 19.5. The van der Waals surface area contributed by atoms with Crippen molar-refractivity contribution in [1.29, 1.82) is 5.26 Å². The van der Waals surface area contributed by atoms with Crippen molar-refractivity contribution >= 4 is 29.2 Å². The average Bonchev–Trinajstić information content (AvgIpc) is 1.76. The number of nitrogens with zero attached hydrogens (tertiary/aromatic N) is 26. The molecule has 0 aliphatic carbocycles. The van der Waals surface area contributed by atoms with Gasteiger partial charge in [0.15, 0.2) is 10.8 Å². The van der Waals surface area contributed by atoms with Gasteiger partial charge in [-0.15, -0.1) is 0 Å². The summed E-state index contributed by atoms with van der Waals surface area (Å²) in [5.74, 6) is 9.76. The minimum atomic E-state index is -4.35. The highest BCUT2D eigenvalue weighted by atomic mass is 35.5. The minimum Gasteiger partial charge on any atom is -0.480 e. The summed E-state index contributed by atoms with van der Waals surface area (Å²) in [6, 6.07) is 2.17. The first-order valence-corrected chi connectivity index (χ1v) is 48.5. The van der Waals surface area contributed by atoms with E-state index in [2.05, 4.69) is 177 Å². The molecule has 0 amide bonds. The summed E-state index contributed by atoms with van der Waals surface area (Å²) in [5.41, 5.74) is -2.59. The third kappa shape index (κ3) is 31.1. The molecule has 40 heteroatoms. The number of nitriles is 1. The van der Waals surface area contributed by atoms with Crippen LogP contribution >= 0.6 is 23.2 Å². The van der Waals surface area contributed by atoms with Gasteiger partial charge in [0.05, 0.1) is 12.7 Å². The zero-order valence-electron chi connectivity index (χ0n) is 82.8. The van der Waals surface area contributed by atoms with Crippen molar-refractivity contribution < 1.29 is 47.5 Å². The van der Waals surface area contributed by atoms with Crippen LogP contribution in [-0.2, 0) is 95.4 Å². The van der Waals surface area contributed by atoms with E-state index in [-0.39, 0.29) is 23.7 Å². The van der Waals surface area contributed by atoms with Gasteiger partial charge in [-0.25, -0.2) is 44.9 Å². The molecule has 9 fully saturated rings. The van der Waals surface area contributed by atoms with Gasteiger partial charge < -0.3 is 116 Å². The van der Waals surface area contributed by atoms with Crippen molar-refractivity contribution in [3.63, 3.8) is 0 Å². The van der Waals surface area contributed by atoms with Crippen LogP contribution in [0.2, 0.25) is 10.3 Å². The maximum atomic E-state index is 12.5. The van der Waals surface area contributed by atoms with Gasteiger partial charge in [-0.05, 0) is 244 Å². The Bertz CT molecular complexity index is 4890. The Balaban J connectivity index is 0.000000157. The number of carbonyl (C=O) groups is 1. The number of piperidine rings is 9. The van der Waals surface area contributed by atoms with Crippen LogP contribution in [0.5, 0.6) is 0 Å². The number of H-pyrrole nitrogens is 2. The molecule has 9 aromatic rings. The number of aliphatic hydroxyl groups is 2. The molecule has 18 heterocycles. The molecule has 9 aliphatic heterocycles. The number of rotatable bonds is 17. The smallest absolute Gasteiger partial charge is 0.434 e. The number of halogens is 5. The molecule has 0 unspecified atom stereocenters. The molecule has 0 atom stereocenters. The number of imidazole rings is 9. The topological polar surface area (TPSA) is 341 Å². The van der Waals surface area contributed by atoms with Crippen molar-refractivity contribution in [2.75, 3.05) is 209 Å². The standard InChI is InChI=1S/C12H21N3O.C11H16F3N3.C11H16N4.C11H17N3O2.C11H19N3O.C10H15Cl2N3.2C10H17N3O.C9H15N3O/c1-14-6-3-11(4-7-14)12-13-5-8-15(12)9-10-16-2;1-16-5-3-8(4-6-16)10-15-9(7-17(10)2)11(12,13)14;1-14-6-2-10(3-7-14)11-13-5-9-15(11)8-4-12;1-13-5-2-9(3-6-13)11-12-4-7-14(11)8-10(15)16;1-13-7-4-11(15-3,5-8-13)10-12-6-9-14(10)2;1-14-5-3-7(4-6-14)10-13-8(11)9(12)15(10)2;1-13-7-3-10(14-2,4-8-13)9-11-5-6-12-9;1-12-6-3-10(14,4-7-12)9-11-5-8-13(9)2;1-12-6-2-9(13,3-7-12)8-10-4-5-11-8/h5,8,11H,3-4,6-7,9-10H2,1-2H3;7-8H,3-6H2,1-2H3;5,9-10H,2-3,6-8H2,1H3;4,7,9H,2-3,5-6,8H2,1H3,(H,15,16);6,9H,4-5,7-8H2,1-3H3;7H,3-6H2,1-2H3;5-6H,3-4,7-8H2,1-2H3,(H,11,12);5,8,14H,3-4,6-7H2,1-2H3;4-5,13H,2-3,6-7H2,1H3,(H,10,11). The second-order valence-electron chi connectivity index (χ2n) is 38.2. The molecule has 5 N–H and O–H groups in total. The molecule has 9 saturated heterocycles. The number of methoxy groups -OCH3 is 3. The molecule has 0 aromatic carbocycles. The summed E-state index contributed by atoms with van der Waals surface area (Å²) >= 11 is 11.9. The summed E-state index contributed by atoms with van der Waals surface area (Å²) in [7, 11) is 31.9. The molecule has 750 valence electrons. The Hall–Kier alpha value is -8.34. The number of alkyl halides is 3. The van der Waals surface area contributed by atoms with Crippen molar-refractivity contribution in [1.82, 2.24) is 131 Å². The number of hydrogen-bond acceptors (Lipinski definition) is 25. The Kier molecular flexibility index (Phi) is 41.9. The highest BCUT2D eigenvalue weighted by molar-refractivity contribution is 6.40. The normalized spacial score (nSPS) is 20.6. The van der Waals surface area contributed by atoms with Crippen LogP contribution in [0.4, 0.5) is 13.2 Å². The van der Waals surface area contributed by atoms with E-state index in [0.29, 0.717) is 52.2 Å². The summed E-state index contributed by atoms with van der Waals surface area (Å²) in [6.07, 6.45) is 40.4. The molecule has 0 spiro atoms. The lowest BCUT2D eigenvalue weighted by molar-refractivity contribution is -0.141. The third-order valence-corrected chi connectivity index (χ3v) is 29.1. The van der Waals surface area contributed by atoms with Crippen molar-refractivity contribution in [2.45, 2.75) is 193 Å². The summed E-state index contributed by atoms with van der Waals surface area (Å²) in [4.78, 5) is 75.8. The van der Waals surface area contributed by atoms with Gasteiger partial charge in [-0.3, -0.25) is 4.79 Å². The maximum Gasteiger partial charge on any atom is 0.434 e. The number of aliphatic carboxylic acids is 1. The molecule has 0 bridgehead atoms. The van der Waals surface area contributed by atoms with E-state index in [1.54, 1.807) is 76.3 Å². The molecule has 0 saturated carbocycles. The van der Waals surface area contributed by atoms with Gasteiger partial charge >= 0.3 is 12.1 Å². The lowest BCUT2D eigenvalue weighted by Gasteiger charge is -2.38. The van der Waals surface area contributed by atoms with Crippen molar-refractivity contribution in [2.24, 2.45) is 28.2 Å². The molecule has 135 heavy (non-hydrogen) atoms. The fourth-order valence-electron chi connectivity index (χ4n) is 19.2. The number of carboxylic acids is 1. The number of aromatic amines is 2. The maximum absolute atomic E-state index is 12.5. The lowest BCUT2D eigenvalue weighted by atomic mass is 9.90. The summed E-state index contributed by atoms with van der Waals surface area (Å²) in [6.45, 7) is 20.9. The molecular weight excluding hydrogens is 1770 g/mol. The SMILES string of the molecule is CN1CCC(O)(c2ncc[nH]2)CC1.CN1CCC(O)(c2nccn2C)CC1.CN1CCC(c2nc(C(F)(F)F)cn2C)CC1.CN1CCC(c2nc(Cl)c(Cl)n2C)CC1.CN1CCC(c2nccn2CC#N)CC1.CN1CCC(c2nccn2CC(=O)O)CC1.COC1(c2ncc[nH]2)CCN(C)CC1.COC1(c2nccn2C)CCN(C)CC1.COCCn1ccnc1C1CCN(C)CC1. The van der Waals surface area contributed by atoms with Crippen LogP contribution in [0, 0.1) is 11.3 Å². The van der Waals surface area contributed by atoms with Crippen molar-refractivity contribution in [3.05, 3.63) is 161 Å². The van der Waals surface area contributed by atoms with Gasteiger partial charge in [-0.2, -0.15) is 18.4 Å². The van der Waals surface area contributed by atoms with Gasteiger partial charge in [-0.1, -0.05) is 23.2 Å². The predicted octanol–water partition coefficient (Wildman–Crippen LogP) is 10.7. The second kappa shape index (κ2) is 52.1. The number of likely N-dealkylation sites (tertiary alicyclic amines) is 9. The quantitative estimate of drug-likeness (QED) is 0.0565. The Labute approximate surface area is 806 Å². The van der Waals surface area contributed by atoms with Gasteiger partial charge in [0.2, 0.25) is 0 Å². The predicted molar refractivity (Wildman–Crippen MR) is 516 cm³/mol. The van der Waals surface area contributed by atoms with Crippen molar-refractivity contribution in [3.8, 4) is 6.07 Å². The number of ether oxygens (including phenoxy) is 3. The Morgan fingerprint density at radius 1 is 0.437 bits per heavy atom. The van der Waals surface area contributed by atoms with E-state index in [4.69, 9.17) is 47.8 Å². The zero-order valence-corrected chi connectivity index (χ0v) is 84.3. The van der Waals surface area contributed by atoms with Crippen LogP contribution in [0.15, 0.2) is 93.0 Å². The van der Waals surface area contributed by atoms with Crippen LogP contribution in [0.1, 0.15) is 203 Å². The third-order valence-electron chi connectivity index (χ3n) is 28.3. The van der Waals surface area contributed by atoms with Gasteiger partial charge in [0.25, 0.3) is 0 Å². The van der Waals surface area contributed by atoms with E-state index in [0.717, 1.165) is 262 Å². The van der Waals surface area contributed by atoms with E-state index in [9.17, 15) is 28.2 Å². The van der Waals surface area contributed by atoms with E-state index in [1.807, 2.05) is 79.1 Å². The molecule has 35 nitrogen and oxygen atoms in total. The van der Waals surface area contributed by atoms with Crippen LogP contribution in [0.3, 0.4) is 0 Å². The summed E-state index contributed by atoms with van der Waals surface area (Å²) in [5, 5.41) is 39.1. The van der Waals surface area contributed by atoms with Crippen LogP contribution in [0.25, 0.3) is 0 Å². The van der Waals surface area contributed by atoms with Gasteiger partial charge in [0, 0.05) is 231 Å². The monoisotopic (exact) mass is 1930 g/mol. The van der Waals surface area contributed by atoms with Crippen LogP contribution < -0.4 is 0 Å². The summed E-state index contributed by atoms with van der Waals surface area (Å²) < 4.78 is 67.4. The largest absolute Gasteiger partial charge is 0.480 e. The first-order chi connectivity index (χ1) is 64.5.